The third-order valence-corrected chi connectivity index (χ3v) is 3.93. The van der Waals surface area contributed by atoms with Gasteiger partial charge in [0, 0.05) is 13.1 Å². The molecule has 0 aromatic carbocycles. The van der Waals surface area contributed by atoms with E-state index < -0.39 is 0 Å². The number of nitrogens with zero attached hydrogens (tertiary/aromatic N) is 1. The van der Waals surface area contributed by atoms with Crippen molar-refractivity contribution in [3.8, 4) is 0 Å². The molecule has 2 N–H and O–H groups in total. The topological polar surface area (TPSA) is 46.3 Å². The molecular formula is C11H23ClN2OS. The number of carbonyl (C=O) groups excluding carboxylic acids is 1. The van der Waals surface area contributed by atoms with Crippen molar-refractivity contribution in [2.45, 2.75) is 26.2 Å². The number of likely N-dealkylation sites (tertiary alicyclic amines) is 1. The fourth-order valence-corrected chi connectivity index (χ4v) is 2.67. The SMILES string of the molecule is CCCSCC(=O)N1CCCC(CN)C1.Cl. The van der Waals surface area contributed by atoms with Gasteiger partial charge in [0.25, 0.3) is 0 Å². The Kier molecular flexibility index (Phi) is 9.18. The van der Waals surface area contributed by atoms with Crippen molar-refractivity contribution >= 4 is 30.1 Å². The summed E-state index contributed by atoms with van der Waals surface area (Å²) in [5.74, 6) is 2.55. The molecule has 1 fully saturated rings. The van der Waals surface area contributed by atoms with E-state index >= 15 is 0 Å². The van der Waals surface area contributed by atoms with Crippen molar-refractivity contribution in [1.29, 1.82) is 0 Å². The van der Waals surface area contributed by atoms with Crippen LogP contribution in [0.4, 0.5) is 0 Å². The van der Waals surface area contributed by atoms with Crippen molar-refractivity contribution in [1.82, 2.24) is 4.90 Å². The van der Waals surface area contributed by atoms with Crippen LogP contribution in [0.15, 0.2) is 0 Å². The summed E-state index contributed by atoms with van der Waals surface area (Å²) in [6, 6.07) is 0. The van der Waals surface area contributed by atoms with Crippen LogP contribution < -0.4 is 5.73 Å². The molecule has 0 bridgehead atoms. The molecule has 1 amide bonds. The van der Waals surface area contributed by atoms with Crippen LogP contribution in [0.5, 0.6) is 0 Å². The van der Waals surface area contributed by atoms with Crippen LogP contribution in [-0.4, -0.2) is 41.9 Å². The van der Waals surface area contributed by atoms with E-state index in [4.69, 9.17) is 5.73 Å². The molecule has 5 heteroatoms. The summed E-state index contributed by atoms with van der Waals surface area (Å²) in [4.78, 5) is 13.8. The van der Waals surface area contributed by atoms with Gasteiger partial charge in [-0.3, -0.25) is 4.79 Å². The number of hydrogen-bond acceptors (Lipinski definition) is 3. The highest BCUT2D eigenvalue weighted by Gasteiger charge is 2.22. The Morgan fingerprint density at radius 2 is 2.31 bits per heavy atom. The number of carbonyl (C=O) groups is 1. The van der Waals surface area contributed by atoms with Crippen LogP contribution in [0.2, 0.25) is 0 Å². The minimum atomic E-state index is 0. The van der Waals surface area contributed by atoms with E-state index in [0.717, 1.165) is 31.7 Å². The molecule has 0 aromatic heterocycles. The van der Waals surface area contributed by atoms with Crippen molar-refractivity contribution in [2.24, 2.45) is 11.7 Å². The summed E-state index contributed by atoms with van der Waals surface area (Å²) in [6.07, 6.45) is 3.44. The van der Waals surface area contributed by atoms with E-state index in [1.165, 1.54) is 6.42 Å². The molecule has 1 saturated heterocycles. The molecule has 0 radical (unpaired) electrons. The smallest absolute Gasteiger partial charge is 0.232 e. The van der Waals surface area contributed by atoms with E-state index in [1.54, 1.807) is 11.8 Å². The molecule has 0 aromatic rings. The van der Waals surface area contributed by atoms with Crippen molar-refractivity contribution in [3.63, 3.8) is 0 Å². The average Bonchev–Trinajstić information content (AvgIpc) is 2.29. The van der Waals surface area contributed by atoms with Crippen LogP contribution in [0, 0.1) is 5.92 Å². The molecule has 16 heavy (non-hydrogen) atoms. The molecule has 0 spiro atoms. The summed E-state index contributed by atoms with van der Waals surface area (Å²) in [7, 11) is 0. The van der Waals surface area contributed by atoms with Gasteiger partial charge >= 0.3 is 0 Å². The van der Waals surface area contributed by atoms with Crippen LogP contribution in [-0.2, 0) is 4.79 Å². The van der Waals surface area contributed by atoms with Gasteiger partial charge in [0.05, 0.1) is 5.75 Å². The normalized spacial score (nSPS) is 20.4. The Labute approximate surface area is 109 Å². The number of amides is 1. The van der Waals surface area contributed by atoms with Gasteiger partial charge in [-0.1, -0.05) is 6.92 Å². The molecule has 0 saturated carbocycles. The maximum absolute atomic E-state index is 11.8. The summed E-state index contributed by atoms with van der Waals surface area (Å²) in [6.45, 7) is 4.67. The first kappa shape index (κ1) is 16.1. The van der Waals surface area contributed by atoms with Crippen LogP contribution in [0.1, 0.15) is 26.2 Å². The second kappa shape index (κ2) is 9.14. The van der Waals surface area contributed by atoms with Gasteiger partial charge in [0.15, 0.2) is 0 Å². The molecule has 1 aliphatic rings. The second-order valence-corrected chi connectivity index (χ2v) is 5.24. The van der Waals surface area contributed by atoms with Crippen LogP contribution in [0.25, 0.3) is 0 Å². The zero-order valence-electron chi connectivity index (χ0n) is 9.98. The standard InChI is InChI=1S/C11H22N2OS.ClH/c1-2-6-15-9-11(14)13-5-3-4-10(7-12)8-13;/h10H,2-9,12H2,1H3;1H. The van der Waals surface area contributed by atoms with Gasteiger partial charge in [0.2, 0.25) is 5.91 Å². The molecule has 1 atom stereocenters. The van der Waals surface area contributed by atoms with E-state index in [-0.39, 0.29) is 12.4 Å². The molecule has 1 aliphatic heterocycles. The maximum atomic E-state index is 11.8. The molecule has 1 heterocycles. The van der Waals surface area contributed by atoms with E-state index in [9.17, 15) is 4.79 Å². The Hall–Kier alpha value is 0.0700. The van der Waals surface area contributed by atoms with Gasteiger partial charge in [0.1, 0.15) is 0 Å². The lowest BCUT2D eigenvalue weighted by atomic mass is 9.98. The number of hydrogen-bond donors (Lipinski definition) is 1. The first-order chi connectivity index (χ1) is 7.27. The van der Waals surface area contributed by atoms with Crippen LogP contribution in [0.3, 0.4) is 0 Å². The zero-order chi connectivity index (χ0) is 11.1. The molecule has 96 valence electrons. The van der Waals surface area contributed by atoms with Crippen molar-refractivity contribution in [3.05, 3.63) is 0 Å². The fourth-order valence-electron chi connectivity index (χ4n) is 1.88. The third-order valence-electron chi connectivity index (χ3n) is 2.78. The molecule has 1 unspecified atom stereocenters. The summed E-state index contributed by atoms with van der Waals surface area (Å²) in [5.41, 5.74) is 5.64. The fraction of sp³-hybridized carbons (Fsp3) is 0.909. The first-order valence-electron chi connectivity index (χ1n) is 5.83. The maximum Gasteiger partial charge on any atom is 0.232 e. The largest absolute Gasteiger partial charge is 0.342 e. The van der Waals surface area contributed by atoms with Gasteiger partial charge in [-0.2, -0.15) is 11.8 Å². The number of piperidine rings is 1. The number of thioether (sulfide) groups is 1. The summed E-state index contributed by atoms with van der Waals surface area (Å²) in [5, 5.41) is 0. The van der Waals surface area contributed by atoms with Crippen molar-refractivity contribution < 1.29 is 4.79 Å². The van der Waals surface area contributed by atoms with Gasteiger partial charge in [-0.15, -0.1) is 12.4 Å². The predicted molar refractivity (Wildman–Crippen MR) is 73.2 cm³/mol. The first-order valence-corrected chi connectivity index (χ1v) is 6.99. The number of rotatable bonds is 5. The molecule has 3 nitrogen and oxygen atoms in total. The highest BCUT2D eigenvalue weighted by molar-refractivity contribution is 7.99. The molecule has 0 aliphatic carbocycles. The number of nitrogens with two attached hydrogens (primary N) is 1. The second-order valence-electron chi connectivity index (χ2n) is 4.14. The Morgan fingerprint density at radius 3 is 2.94 bits per heavy atom. The summed E-state index contributed by atoms with van der Waals surface area (Å²) >= 11 is 1.74. The summed E-state index contributed by atoms with van der Waals surface area (Å²) < 4.78 is 0. The van der Waals surface area contributed by atoms with Gasteiger partial charge < -0.3 is 10.6 Å². The Balaban J connectivity index is 0.00000225. The monoisotopic (exact) mass is 266 g/mol. The van der Waals surface area contributed by atoms with E-state index in [0.29, 0.717) is 24.1 Å². The average molecular weight is 267 g/mol. The minimum absolute atomic E-state index is 0. The quantitative estimate of drug-likeness (QED) is 0.772. The Morgan fingerprint density at radius 1 is 1.56 bits per heavy atom. The Bertz CT molecular complexity index is 204. The van der Waals surface area contributed by atoms with Crippen LogP contribution >= 0.6 is 24.2 Å². The minimum Gasteiger partial charge on any atom is -0.342 e. The molecular weight excluding hydrogens is 244 g/mol. The van der Waals surface area contributed by atoms with Gasteiger partial charge in [-0.25, -0.2) is 0 Å². The van der Waals surface area contributed by atoms with Crippen molar-refractivity contribution in [2.75, 3.05) is 31.1 Å². The number of halogens is 1. The molecule has 1 rings (SSSR count). The van der Waals surface area contributed by atoms with E-state index in [2.05, 4.69) is 6.92 Å². The lowest BCUT2D eigenvalue weighted by Gasteiger charge is -2.32. The lowest BCUT2D eigenvalue weighted by molar-refractivity contribution is -0.130. The highest BCUT2D eigenvalue weighted by atomic mass is 35.5. The zero-order valence-corrected chi connectivity index (χ0v) is 11.6. The third kappa shape index (κ3) is 5.41. The van der Waals surface area contributed by atoms with Gasteiger partial charge in [-0.05, 0) is 37.5 Å². The predicted octanol–water partition coefficient (Wildman–Crippen LogP) is 1.75. The van der Waals surface area contributed by atoms with E-state index in [1.807, 2.05) is 4.90 Å². The highest BCUT2D eigenvalue weighted by Crippen LogP contribution is 2.16. The lowest BCUT2D eigenvalue weighted by Crippen LogP contribution is -2.42.